The van der Waals surface area contributed by atoms with Gasteiger partial charge in [-0.2, -0.15) is 5.10 Å². The summed E-state index contributed by atoms with van der Waals surface area (Å²) >= 11 is 6.93. The standard InChI is InChI=1S/C14H10FN3OS2/c1-2-5-21-14-12(18-8-16-7-17-18)13(20)10-4-3-9(15)6-11(10)19-14/h2-4,6-8H,1,5H2. The quantitative estimate of drug-likeness (QED) is 0.410. The zero-order chi connectivity index (χ0) is 14.8. The number of aromatic nitrogens is 3. The molecule has 0 bridgehead atoms. The molecule has 1 aromatic carbocycles. The van der Waals surface area contributed by atoms with Crippen molar-refractivity contribution < 1.29 is 8.81 Å². The molecule has 2 aromatic heterocycles. The highest BCUT2D eigenvalue weighted by Gasteiger charge is 2.15. The molecule has 3 rings (SSSR count). The van der Waals surface area contributed by atoms with Gasteiger partial charge in [-0.1, -0.05) is 30.1 Å². The third-order valence-corrected chi connectivity index (χ3v) is 4.13. The highest BCUT2D eigenvalue weighted by Crippen LogP contribution is 2.32. The molecule has 0 aliphatic heterocycles. The lowest BCUT2D eigenvalue weighted by molar-refractivity contribution is 0.489. The van der Waals surface area contributed by atoms with Gasteiger partial charge in [0.1, 0.15) is 29.7 Å². The Morgan fingerprint density at radius 1 is 1.48 bits per heavy atom. The fourth-order valence-electron chi connectivity index (χ4n) is 1.89. The molecule has 0 N–H and O–H groups in total. The van der Waals surface area contributed by atoms with Gasteiger partial charge < -0.3 is 4.42 Å². The Labute approximate surface area is 129 Å². The van der Waals surface area contributed by atoms with Gasteiger partial charge in [0, 0.05) is 17.2 Å². The van der Waals surface area contributed by atoms with E-state index < -0.39 is 0 Å². The van der Waals surface area contributed by atoms with Crippen molar-refractivity contribution in [2.75, 3.05) is 5.75 Å². The van der Waals surface area contributed by atoms with E-state index in [0.717, 1.165) is 0 Å². The number of hydrogen-bond donors (Lipinski definition) is 0. The SMILES string of the molecule is C=CCSc1oc2cc(F)ccc2c(=S)c1-n1cncn1. The number of nitrogens with zero attached hydrogens (tertiary/aromatic N) is 3. The highest BCUT2D eigenvalue weighted by molar-refractivity contribution is 7.99. The largest absolute Gasteiger partial charge is 0.447 e. The van der Waals surface area contributed by atoms with Crippen molar-refractivity contribution in [3.8, 4) is 5.69 Å². The van der Waals surface area contributed by atoms with Gasteiger partial charge in [-0.25, -0.2) is 14.1 Å². The van der Waals surface area contributed by atoms with Crippen molar-refractivity contribution in [2.45, 2.75) is 5.09 Å². The average molecular weight is 319 g/mol. The predicted molar refractivity (Wildman–Crippen MR) is 82.8 cm³/mol. The van der Waals surface area contributed by atoms with E-state index >= 15 is 0 Å². The van der Waals surface area contributed by atoms with E-state index in [2.05, 4.69) is 16.7 Å². The van der Waals surface area contributed by atoms with Gasteiger partial charge in [-0.05, 0) is 12.1 Å². The van der Waals surface area contributed by atoms with Crippen LogP contribution in [0.3, 0.4) is 0 Å². The summed E-state index contributed by atoms with van der Waals surface area (Å²) in [5.74, 6) is 0.273. The molecule has 0 radical (unpaired) electrons. The fourth-order valence-corrected chi connectivity index (χ4v) is 3.06. The summed E-state index contributed by atoms with van der Waals surface area (Å²) in [6.45, 7) is 3.68. The molecule has 2 heterocycles. The van der Waals surface area contributed by atoms with Crippen molar-refractivity contribution >= 4 is 34.9 Å². The molecule has 7 heteroatoms. The Hall–Kier alpha value is -1.99. The van der Waals surface area contributed by atoms with Gasteiger partial charge in [0.2, 0.25) is 0 Å². The Kier molecular flexibility index (Phi) is 3.85. The Morgan fingerprint density at radius 2 is 2.33 bits per heavy atom. The topological polar surface area (TPSA) is 43.9 Å². The molecule has 106 valence electrons. The average Bonchev–Trinajstić information content (AvgIpc) is 2.98. The molecular formula is C14H10FN3OS2. The van der Waals surface area contributed by atoms with Crippen molar-refractivity contribution in [1.29, 1.82) is 0 Å². The van der Waals surface area contributed by atoms with Crippen LogP contribution in [-0.2, 0) is 0 Å². The number of halogens is 1. The van der Waals surface area contributed by atoms with E-state index in [1.165, 1.54) is 30.2 Å². The van der Waals surface area contributed by atoms with Crippen LogP contribution in [0.1, 0.15) is 0 Å². The lowest BCUT2D eigenvalue weighted by atomic mass is 10.2. The number of hydrogen-bond acceptors (Lipinski definition) is 5. The van der Waals surface area contributed by atoms with Crippen molar-refractivity contribution in [3.05, 3.63) is 53.8 Å². The second-order valence-electron chi connectivity index (χ2n) is 4.15. The molecule has 0 fully saturated rings. The number of thioether (sulfide) groups is 1. The normalized spacial score (nSPS) is 10.9. The molecule has 0 saturated carbocycles. The van der Waals surface area contributed by atoms with Crippen molar-refractivity contribution in [1.82, 2.24) is 14.8 Å². The summed E-state index contributed by atoms with van der Waals surface area (Å²) in [4.78, 5) is 3.93. The molecule has 3 aromatic rings. The maximum absolute atomic E-state index is 13.4. The third kappa shape index (κ3) is 2.62. The van der Waals surface area contributed by atoms with Crippen LogP contribution in [-0.4, -0.2) is 20.5 Å². The van der Waals surface area contributed by atoms with Crippen LogP contribution in [0.5, 0.6) is 0 Å². The number of rotatable bonds is 4. The maximum Gasteiger partial charge on any atom is 0.188 e. The first-order valence-electron chi connectivity index (χ1n) is 6.06. The van der Waals surface area contributed by atoms with Crippen LogP contribution in [0.4, 0.5) is 4.39 Å². The van der Waals surface area contributed by atoms with Gasteiger partial charge in [-0.15, -0.1) is 6.58 Å². The van der Waals surface area contributed by atoms with E-state index in [-0.39, 0.29) is 5.82 Å². The monoisotopic (exact) mass is 319 g/mol. The summed E-state index contributed by atoms with van der Waals surface area (Å²) in [6, 6.07) is 4.29. The maximum atomic E-state index is 13.4. The molecule has 4 nitrogen and oxygen atoms in total. The number of benzene rings is 1. The first kappa shape index (κ1) is 14.0. The summed E-state index contributed by atoms with van der Waals surface area (Å²) in [6.07, 6.45) is 4.73. The Balaban J connectivity index is 2.32. The van der Waals surface area contributed by atoms with E-state index in [0.29, 0.717) is 32.0 Å². The first-order chi connectivity index (χ1) is 10.2. The van der Waals surface area contributed by atoms with Crippen LogP contribution >= 0.6 is 24.0 Å². The second kappa shape index (κ2) is 5.79. The van der Waals surface area contributed by atoms with Gasteiger partial charge in [0.15, 0.2) is 5.09 Å². The Morgan fingerprint density at radius 3 is 3.05 bits per heavy atom. The second-order valence-corrected chi connectivity index (χ2v) is 5.55. The van der Waals surface area contributed by atoms with Crippen molar-refractivity contribution in [3.63, 3.8) is 0 Å². The van der Waals surface area contributed by atoms with Gasteiger partial charge in [0.25, 0.3) is 0 Å². The molecule has 0 atom stereocenters. The first-order valence-corrected chi connectivity index (χ1v) is 7.45. The van der Waals surface area contributed by atoms with E-state index in [4.69, 9.17) is 16.6 Å². The molecule has 0 amide bonds. The molecule has 0 aliphatic carbocycles. The highest BCUT2D eigenvalue weighted by atomic mass is 32.2. The third-order valence-electron chi connectivity index (χ3n) is 2.78. The lowest BCUT2D eigenvalue weighted by Gasteiger charge is -2.09. The minimum absolute atomic E-state index is 0.367. The van der Waals surface area contributed by atoms with Gasteiger partial charge in [-0.3, -0.25) is 0 Å². The van der Waals surface area contributed by atoms with E-state index in [1.54, 1.807) is 23.2 Å². The lowest BCUT2D eigenvalue weighted by Crippen LogP contribution is -1.99. The zero-order valence-electron chi connectivity index (χ0n) is 10.8. The molecule has 0 unspecified atom stereocenters. The van der Waals surface area contributed by atoms with Crippen molar-refractivity contribution in [2.24, 2.45) is 0 Å². The van der Waals surface area contributed by atoms with Crippen LogP contribution in [0.15, 0.2) is 53.0 Å². The minimum atomic E-state index is -0.367. The summed E-state index contributed by atoms with van der Waals surface area (Å²) in [5.41, 5.74) is 1.05. The van der Waals surface area contributed by atoms with Crippen LogP contribution in [0.25, 0.3) is 16.7 Å². The summed E-state index contributed by atoms with van der Waals surface area (Å²) < 4.78 is 21.3. The van der Waals surface area contributed by atoms with Crippen LogP contribution < -0.4 is 0 Å². The van der Waals surface area contributed by atoms with E-state index in [9.17, 15) is 4.39 Å². The van der Waals surface area contributed by atoms with Gasteiger partial charge in [0.05, 0.1) is 4.51 Å². The zero-order valence-corrected chi connectivity index (χ0v) is 12.5. The Bertz CT molecular complexity index is 859. The molecule has 0 saturated heterocycles. The van der Waals surface area contributed by atoms with Crippen LogP contribution in [0, 0.1) is 10.3 Å². The minimum Gasteiger partial charge on any atom is -0.447 e. The number of fused-ring (bicyclic) bond motifs is 1. The summed E-state index contributed by atoms with van der Waals surface area (Å²) in [7, 11) is 0. The predicted octanol–water partition coefficient (Wildman–Crippen LogP) is 4.16. The molecule has 0 aliphatic rings. The molecular weight excluding hydrogens is 309 g/mol. The van der Waals surface area contributed by atoms with E-state index in [1.807, 2.05) is 0 Å². The fraction of sp³-hybridized carbons (Fsp3) is 0.0714. The molecule has 21 heavy (non-hydrogen) atoms. The smallest absolute Gasteiger partial charge is 0.188 e. The van der Waals surface area contributed by atoms with Gasteiger partial charge >= 0.3 is 0 Å². The van der Waals surface area contributed by atoms with Crippen LogP contribution in [0.2, 0.25) is 0 Å². The summed E-state index contributed by atoms with van der Waals surface area (Å²) in [5, 5.41) is 5.33. The molecule has 0 spiro atoms.